The molecule has 27 heavy (non-hydrogen) atoms. The molecule has 1 aliphatic rings. The van der Waals surface area contributed by atoms with Crippen molar-refractivity contribution < 1.29 is 9.59 Å². The molecule has 0 radical (unpaired) electrons. The molecule has 3 rings (SSSR count). The van der Waals surface area contributed by atoms with E-state index in [1.807, 2.05) is 30.3 Å². The van der Waals surface area contributed by atoms with Crippen LogP contribution in [0.1, 0.15) is 24.4 Å². The van der Waals surface area contributed by atoms with Crippen molar-refractivity contribution in [1.29, 1.82) is 0 Å². The van der Waals surface area contributed by atoms with Crippen LogP contribution in [0.4, 0.5) is 5.69 Å². The number of benzene rings is 2. The quantitative estimate of drug-likeness (QED) is 0.734. The molecule has 0 aliphatic heterocycles. The molecule has 1 atom stereocenters. The molecular weight excluding hydrogens is 385 g/mol. The van der Waals surface area contributed by atoms with Gasteiger partial charge in [0.25, 0.3) is 0 Å². The molecule has 0 spiro atoms. The number of halogens is 2. The number of nitrogens with one attached hydrogen (secondary N) is 2. The van der Waals surface area contributed by atoms with Gasteiger partial charge >= 0.3 is 0 Å². The summed E-state index contributed by atoms with van der Waals surface area (Å²) in [5, 5.41) is 6.60. The fourth-order valence-electron chi connectivity index (χ4n) is 2.84. The first kappa shape index (κ1) is 19.7. The van der Waals surface area contributed by atoms with Gasteiger partial charge in [0.15, 0.2) is 0 Å². The number of amides is 2. The van der Waals surface area contributed by atoms with Crippen molar-refractivity contribution in [3.05, 3.63) is 64.1 Å². The highest BCUT2D eigenvalue weighted by molar-refractivity contribution is 6.42. The predicted octanol–water partition coefficient (Wildman–Crippen LogP) is 3.88. The highest BCUT2D eigenvalue weighted by atomic mass is 35.5. The Kier molecular flexibility index (Phi) is 6.37. The highest BCUT2D eigenvalue weighted by Gasteiger charge is 2.31. The molecule has 7 heteroatoms. The lowest BCUT2D eigenvalue weighted by Crippen LogP contribution is -2.42. The van der Waals surface area contributed by atoms with E-state index in [4.69, 9.17) is 23.2 Å². The minimum Gasteiger partial charge on any atom is -0.352 e. The van der Waals surface area contributed by atoms with Crippen LogP contribution in [-0.2, 0) is 9.59 Å². The summed E-state index contributed by atoms with van der Waals surface area (Å²) in [5.74, 6) is -0.329. The summed E-state index contributed by atoms with van der Waals surface area (Å²) in [5.41, 5.74) is 1.40. The maximum absolute atomic E-state index is 12.7. The Balaban J connectivity index is 1.69. The first-order valence-corrected chi connectivity index (χ1v) is 9.50. The molecule has 1 fully saturated rings. The summed E-state index contributed by atoms with van der Waals surface area (Å²) in [6.45, 7) is 0.0535. The van der Waals surface area contributed by atoms with Gasteiger partial charge in [-0.05, 0) is 43.7 Å². The van der Waals surface area contributed by atoms with Gasteiger partial charge < -0.3 is 10.6 Å². The van der Waals surface area contributed by atoms with E-state index in [1.54, 1.807) is 30.1 Å². The SMILES string of the molecule is CN(CC(=O)Nc1ccc(Cl)c(Cl)c1)[C@@H](C(=O)NC1CC1)c1ccccc1. The van der Waals surface area contributed by atoms with Gasteiger partial charge in [0.2, 0.25) is 11.8 Å². The Morgan fingerprint density at radius 2 is 1.81 bits per heavy atom. The second-order valence-corrected chi connectivity index (χ2v) is 7.50. The minimum atomic E-state index is -0.536. The molecule has 0 bridgehead atoms. The van der Waals surface area contributed by atoms with Gasteiger partial charge in [-0.3, -0.25) is 14.5 Å². The summed E-state index contributed by atoms with van der Waals surface area (Å²) in [6, 6.07) is 14.1. The molecule has 0 heterocycles. The van der Waals surface area contributed by atoms with Crippen molar-refractivity contribution in [2.75, 3.05) is 18.9 Å². The molecule has 1 saturated carbocycles. The number of carbonyl (C=O) groups excluding carboxylic acids is 2. The average molecular weight is 406 g/mol. The maximum Gasteiger partial charge on any atom is 0.242 e. The van der Waals surface area contributed by atoms with E-state index >= 15 is 0 Å². The zero-order chi connectivity index (χ0) is 19.4. The highest BCUT2D eigenvalue weighted by Crippen LogP contribution is 2.26. The van der Waals surface area contributed by atoms with Gasteiger partial charge in [-0.2, -0.15) is 0 Å². The Bertz CT molecular complexity index is 825. The van der Waals surface area contributed by atoms with E-state index in [1.165, 1.54) is 0 Å². The smallest absolute Gasteiger partial charge is 0.242 e. The Morgan fingerprint density at radius 3 is 2.44 bits per heavy atom. The van der Waals surface area contributed by atoms with E-state index in [9.17, 15) is 9.59 Å². The van der Waals surface area contributed by atoms with Crippen LogP contribution >= 0.6 is 23.2 Å². The Labute approximate surface area is 168 Å². The number of likely N-dealkylation sites (N-methyl/N-ethyl adjacent to an activating group) is 1. The minimum absolute atomic E-state index is 0.0535. The number of carbonyl (C=O) groups is 2. The third kappa shape index (κ3) is 5.45. The summed E-state index contributed by atoms with van der Waals surface area (Å²) in [6.07, 6.45) is 2.02. The Hall–Kier alpha value is -2.08. The van der Waals surface area contributed by atoms with Gasteiger partial charge in [0, 0.05) is 11.7 Å². The lowest BCUT2D eigenvalue weighted by Gasteiger charge is -2.27. The zero-order valence-corrected chi connectivity index (χ0v) is 16.4. The van der Waals surface area contributed by atoms with E-state index in [-0.39, 0.29) is 24.4 Å². The number of nitrogens with zero attached hydrogens (tertiary/aromatic N) is 1. The van der Waals surface area contributed by atoms with Crippen molar-refractivity contribution in [2.45, 2.75) is 24.9 Å². The molecule has 2 aromatic rings. The van der Waals surface area contributed by atoms with Crippen LogP contribution in [0.5, 0.6) is 0 Å². The van der Waals surface area contributed by atoms with Crippen molar-refractivity contribution in [2.24, 2.45) is 0 Å². The van der Waals surface area contributed by atoms with Crippen molar-refractivity contribution >= 4 is 40.7 Å². The van der Waals surface area contributed by atoms with E-state index in [2.05, 4.69) is 10.6 Å². The largest absolute Gasteiger partial charge is 0.352 e. The zero-order valence-electron chi connectivity index (χ0n) is 14.9. The molecule has 1 aliphatic carbocycles. The van der Waals surface area contributed by atoms with Crippen LogP contribution in [0.15, 0.2) is 48.5 Å². The summed E-state index contributed by atoms with van der Waals surface area (Å²) in [7, 11) is 1.76. The standard InChI is InChI=1S/C20H21Cl2N3O2/c1-25(12-18(26)23-15-9-10-16(21)17(22)11-15)19(13-5-3-2-4-6-13)20(27)24-14-7-8-14/h2-6,9-11,14,19H,7-8,12H2,1H3,(H,23,26)(H,24,27)/t19-/m1/s1. The topological polar surface area (TPSA) is 61.4 Å². The predicted molar refractivity (Wildman–Crippen MR) is 108 cm³/mol. The van der Waals surface area contributed by atoms with Crippen LogP contribution in [0.3, 0.4) is 0 Å². The maximum atomic E-state index is 12.7. The van der Waals surface area contributed by atoms with Gasteiger partial charge in [-0.25, -0.2) is 0 Å². The molecule has 0 aromatic heterocycles. The number of hydrogen-bond acceptors (Lipinski definition) is 3. The normalized spacial score (nSPS) is 14.7. The van der Waals surface area contributed by atoms with Crippen LogP contribution in [0, 0.1) is 0 Å². The second kappa shape index (κ2) is 8.74. The van der Waals surface area contributed by atoms with Crippen molar-refractivity contribution in [3.63, 3.8) is 0 Å². The van der Waals surface area contributed by atoms with E-state index < -0.39 is 6.04 Å². The fraction of sp³-hybridized carbons (Fsp3) is 0.300. The monoisotopic (exact) mass is 405 g/mol. The third-order valence-corrected chi connectivity index (χ3v) is 5.06. The van der Waals surface area contributed by atoms with Crippen LogP contribution < -0.4 is 10.6 Å². The van der Waals surface area contributed by atoms with Gasteiger partial charge in [-0.1, -0.05) is 53.5 Å². The second-order valence-electron chi connectivity index (χ2n) is 6.69. The van der Waals surface area contributed by atoms with E-state index in [0.29, 0.717) is 15.7 Å². The molecule has 2 amide bonds. The number of rotatable bonds is 7. The fourth-order valence-corrected chi connectivity index (χ4v) is 3.14. The molecular formula is C20H21Cl2N3O2. The van der Waals surface area contributed by atoms with Crippen LogP contribution in [0.25, 0.3) is 0 Å². The first-order valence-electron chi connectivity index (χ1n) is 8.74. The first-order chi connectivity index (χ1) is 12.9. The average Bonchev–Trinajstić information content (AvgIpc) is 3.43. The van der Waals surface area contributed by atoms with E-state index in [0.717, 1.165) is 18.4 Å². The van der Waals surface area contributed by atoms with Crippen molar-refractivity contribution in [3.8, 4) is 0 Å². The molecule has 0 saturated heterocycles. The number of hydrogen-bond donors (Lipinski definition) is 2. The molecule has 0 unspecified atom stereocenters. The summed E-state index contributed by atoms with van der Waals surface area (Å²) >= 11 is 11.9. The van der Waals surface area contributed by atoms with Crippen LogP contribution in [0.2, 0.25) is 10.0 Å². The summed E-state index contributed by atoms with van der Waals surface area (Å²) in [4.78, 5) is 26.9. The lowest BCUT2D eigenvalue weighted by molar-refractivity contribution is -0.127. The van der Waals surface area contributed by atoms with Crippen molar-refractivity contribution in [1.82, 2.24) is 10.2 Å². The van der Waals surface area contributed by atoms with Crippen LogP contribution in [-0.4, -0.2) is 36.3 Å². The van der Waals surface area contributed by atoms with Gasteiger partial charge in [-0.15, -0.1) is 0 Å². The molecule has 2 N–H and O–H groups in total. The Morgan fingerprint density at radius 1 is 1.11 bits per heavy atom. The molecule has 142 valence electrons. The molecule has 5 nitrogen and oxygen atoms in total. The third-order valence-electron chi connectivity index (χ3n) is 4.32. The molecule has 2 aromatic carbocycles. The summed E-state index contributed by atoms with van der Waals surface area (Å²) < 4.78 is 0. The van der Waals surface area contributed by atoms with Gasteiger partial charge in [0.1, 0.15) is 6.04 Å². The lowest BCUT2D eigenvalue weighted by atomic mass is 10.0. The number of anilines is 1. The van der Waals surface area contributed by atoms with Gasteiger partial charge in [0.05, 0.1) is 16.6 Å².